The summed E-state index contributed by atoms with van der Waals surface area (Å²) < 4.78 is 0.898. The lowest BCUT2D eigenvalue weighted by Gasteiger charge is -2.13. The lowest BCUT2D eigenvalue weighted by molar-refractivity contribution is 0.0926. The molecule has 2 aromatic rings. The van der Waals surface area contributed by atoms with Gasteiger partial charge >= 0.3 is 0 Å². The van der Waals surface area contributed by atoms with Crippen LogP contribution in [-0.4, -0.2) is 18.9 Å². The predicted octanol–water partition coefficient (Wildman–Crippen LogP) is 3.29. The zero-order valence-electron chi connectivity index (χ0n) is 10.7. The maximum atomic E-state index is 12.4. The van der Waals surface area contributed by atoms with Crippen LogP contribution in [0.1, 0.15) is 20.7 Å². The van der Waals surface area contributed by atoms with Gasteiger partial charge in [-0.25, -0.2) is 4.90 Å². The van der Waals surface area contributed by atoms with Crippen LogP contribution in [0.3, 0.4) is 0 Å². The molecule has 1 aliphatic rings. The van der Waals surface area contributed by atoms with Crippen molar-refractivity contribution in [2.75, 3.05) is 17.3 Å². The van der Waals surface area contributed by atoms with Gasteiger partial charge in [0.1, 0.15) is 0 Å². The molecule has 0 radical (unpaired) electrons. The summed E-state index contributed by atoms with van der Waals surface area (Å²) in [7, 11) is 1.77. The maximum absolute atomic E-state index is 12.4. The van der Waals surface area contributed by atoms with Crippen molar-refractivity contribution in [1.82, 2.24) is 0 Å². The van der Waals surface area contributed by atoms with E-state index in [1.54, 1.807) is 49.5 Å². The molecule has 0 saturated carbocycles. The number of carbonyl (C=O) groups excluding carboxylic acids is 2. The van der Waals surface area contributed by atoms with Gasteiger partial charge in [-0.05, 0) is 42.5 Å². The van der Waals surface area contributed by atoms with Crippen molar-refractivity contribution in [1.29, 1.82) is 0 Å². The Kier molecular flexibility index (Phi) is 3.06. The number of imide groups is 1. The minimum absolute atomic E-state index is 0.282. The third kappa shape index (κ3) is 1.91. The Labute approximate surface area is 124 Å². The van der Waals surface area contributed by atoms with Gasteiger partial charge in [0.2, 0.25) is 0 Å². The molecule has 1 N–H and O–H groups in total. The molecule has 0 bridgehead atoms. The molecular formula is C15H11BrN2O2. The summed E-state index contributed by atoms with van der Waals surface area (Å²) in [5.74, 6) is -0.570. The third-order valence-electron chi connectivity index (χ3n) is 3.26. The van der Waals surface area contributed by atoms with E-state index in [1.165, 1.54) is 4.90 Å². The number of nitrogens with one attached hydrogen (secondary N) is 1. The van der Waals surface area contributed by atoms with Gasteiger partial charge in [0.15, 0.2) is 0 Å². The molecule has 0 unspecified atom stereocenters. The van der Waals surface area contributed by atoms with Crippen LogP contribution < -0.4 is 10.2 Å². The van der Waals surface area contributed by atoms with Crippen molar-refractivity contribution in [3.63, 3.8) is 0 Å². The molecule has 1 aliphatic heterocycles. The van der Waals surface area contributed by atoms with E-state index in [-0.39, 0.29) is 11.8 Å². The highest BCUT2D eigenvalue weighted by Gasteiger charge is 2.36. The number of halogens is 1. The minimum Gasteiger partial charge on any atom is -0.388 e. The fraction of sp³-hybridized carbons (Fsp3) is 0.0667. The van der Waals surface area contributed by atoms with E-state index in [0.29, 0.717) is 16.8 Å². The summed E-state index contributed by atoms with van der Waals surface area (Å²) in [4.78, 5) is 26.0. The Balaban J connectivity index is 2.07. The van der Waals surface area contributed by atoms with E-state index in [4.69, 9.17) is 0 Å². The summed E-state index contributed by atoms with van der Waals surface area (Å²) in [5, 5.41) is 2.97. The van der Waals surface area contributed by atoms with Gasteiger partial charge in [-0.1, -0.05) is 15.9 Å². The first kappa shape index (κ1) is 12.9. The van der Waals surface area contributed by atoms with Crippen molar-refractivity contribution >= 4 is 39.1 Å². The largest absolute Gasteiger partial charge is 0.388 e. The van der Waals surface area contributed by atoms with E-state index in [9.17, 15) is 9.59 Å². The number of anilines is 2. The summed E-state index contributed by atoms with van der Waals surface area (Å²) in [6.07, 6.45) is 0. The molecule has 20 heavy (non-hydrogen) atoms. The monoisotopic (exact) mass is 330 g/mol. The molecule has 0 fully saturated rings. The van der Waals surface area contributed by atoms with E-state index >= 15 is 0 Å². The molecule has 0 spiro atoms. The fourth-order valence-corrected chi connectivity index (χ4v) is 2.49. The molecule has 1 heterocycles. The van der Waals surface area contributed by atoms with Gasteiger partial charge in [0, 0.05) is 17.2 Å². The van der Waals surface area contributed by atoms with Gasteiger partial charge in [-0.15, -0.1) is 0 Å². The predicted molar refractivity (Wildman–Crippen MR) is 81.3 cm³/mol. The van der Waals surface area contributed by atoms with Crippen molar-refractivity contribution in [3.8, 4) is 0 Å². The lowest BCUT2D eigenvalue weighted by atomic mass is 10.1. The molecule has 3 rings (SSSR count). The normalized spacial score (nSPS) is 13.6. The van der Waals surface area contributed by atoms with Crippen LogP contribution in [0.5, 0.6) is 0 Å². The number of amides is 2. The van der Waals surface area contributed by atoms with Gasteiger partial charge in [-0.3, -0.25) is 9.59 Å². The summed E-state index contributed by atoms with van der Waals surface area (Å²) in [6.45, 7) is 0. The van der Waals surface area contributed by atoms with Crippen molar-refractivity contribution in [3.05, 3.63) is 58.1 Å². The molecule has 100 valence electrons. The van der Waals surface area contributed by atoms with Crippen LogP contribution >= 0.6 is 15.9 Å². The zero-order chi connectivity index (χ0) is 14.3. The van der Waals surface area contributed by atoms with Gasteiger partial charge in [0.05, 0.1) is 16.8 Å². The highest BCUT2D eigenvalue weighted by atomic mass is 79.9. The number of rotatable bonds is 2. The summed E-state index contributed by atoms with van der Waals surface area (Å²) >= 11 is 3.33. The molecule has 0 aliphatic carbocycles. The first-order chi connectivity index (χ1) is 9.61. The Morgan fingerprint density at radius 1 is 0.950 bits per heavy atom. The SMILES string of the molecule is CNc1ccc2c(c1)C(=O)N(c1ccc(Br)cc1)C2=O. The topological polar surface area (TPSA) is 49.4 Å². The van der Waals surface area contributed by atoms with E-state index in [0.717, 1.165) is 10.2 Å². The standard InChI is InChI=1S/C15H11BrN2O2/c1-17-10-4-7-12-13(8-10)15(20)18(14(12)19)11-5-2-9(16)3-6-11/h2-8,17H,1H3. The smallest absolute Gasteiger partial charge is 0.266 e. The molecule has 2 amide bonds. The van der Waals surface area contributed by atoms with Gasteiger partial charge < -0.3 is 5.32 Å². The molecule has 4 nitrogen and oxygen atoms in total. The number of nitrogens with zero attached hydrogens (tertiary/aromatic N) is 1. The van der Waals surface area contributed by atoms with Crippen LogP contribution in [0.4, 0.5) is 11.4 Å². The maximum Gasteiger partial charge on any atom is 0.266 e. The van der Waals surface area contributed by atoms with Crippen LogP contribution in [0.25, 0.3) is 0 Å². The van der Waals surface area contributed by atoms with Crippen molar-refractivity contribution < 1.29 is 9.59 Å². The van der Waals surface area contributed by atoms with E-state index in [2.05, 4.69) is 21.2 Å². The summed E-state index contributed by atoms with van der Waals surface area (Å²) in [6, 6.07) is 12.3. The number of carbonyl (C=O) groups is 2. The highest BCUT2D eigenvalue weighted by molar-refractivity contribution is 9.10. The number of fused-ring (bicyclic) bond motifs is 1. The second-order valence-electron chi connectivity index (χ2n) is 4.43. The van der Waals surface area contributed by atoms with Crippen LogP contribution in [0.15, 0.2) is 46.9 Å². The average molecular weight is 331 g/mol. The first-order valence-electron chi connectivity index (χ1n) is 6.08. The number of hydrogen-bond donors (Lipinski definition) is 1. The molecule has 0 atom stereocenters. The van der Waals surface area contributed by atoms with E-state index < -0.39 is 0 Å². The lowest BCUT2D eigenvalue weighted by Crippen LogP contribution is -2.29. The molecule has 5 heteroatoms. The molecule has 0 saturated heterocycles. The Hall–Kier alpha value is -2.14. The second-order valence-corrected chi connectivity index (χ2v) is 5.35. The van der Waals surface area contributed by atoms with Gasteiger partial charge in [-0.2, -0.15) is 0 Å². The second kappa shape index (κ2) is 4.76. The van der Waals surface area contributed by atoms with Crippen LogP contribution in [0.2, 0.25) is 0 Å². The number of hydrogen-bond acceptors (Lipinski definition) is 3. The van der Waals surface area contributed by atoms with Crippen LogP contribution in [-0.2, 0) is 0 Å². The third-order valence-corrected chi connectivity index (χ3v) is 3.79. The Bertz CT molecular complexity index is 710. The minimum atomic E-state index is -0.288. The Morgan fingerprint density at radius 3 is 2.25 bits per heavy atom. The van der Waals surface area contributed by atoms with Crippen LogP contribution in [0, 0.1) is 0 Å². The zero-order valence-corrected chi connectivity index (χ0v) is 12.3. The molecular weight excluding hydrogens is 320 g/mol. The van der Waals surface area contributed by atoms with E-state index in [1.807, 2.05) is 0 Å². The summed E-state index contributed by atoms with van der Waals surface area (Å²) in [5.41, 5.74) is 2.26. The number of benzene rings is 2. The molecule has 0 aromatic heterocycles. The quantitative estimate of drug-likeness (QED) is 0.859. The average Bonchev–Trinajstić information content (AvgIpc) is 2.72. The molecule has 2 aromatic carbocycles. The van der Waals surface area contributed by atoms with Crippen molar-refractivity contribution in [2.24, 2.45) is 0 Å². The Morgan fingerprint density at radius 2 is 1.60 bits per heavy atom. The van der Waals surface area contributed by atoms with Crippen molar-refractivity contribution in [2.45, 2.75) is 0 Å². The highest BCUT2D eigenvalue weighted by Crippen LogP contribution is 2.30. The fourth-order valence-electron chi connectivity index (χ4n) is 2.22. The first-order valence-corrected chi connectivity index (χ1v) is 6.87. The van der Waals surface area contributed by atoms with Gasteiger partial charge in [0.25, 0.3) is 11.8 Å².